The lowest BCUT2D eigenvalue weighted by molar-refractivity contribution is -0.134. The number of benzene rings is 1. The summed E-state index contributed by atoms with van der Waals surface area (Å²) in [6, 6.07) is 7.39. The number of cyclic esters (lactones) is 1. The van der Waals surface area contributed by atoms with Crippen LogP contribution < -0.4 is 5.73 Å². The zero-order valence-electron chi connectivity index (χ0n) is 7.69. The van der Waals surface area contributed by atoms with Gasteiger partial charge in [0.2, 0.25) is 0 Å². The second-order valence-corrected chi connectivity index (χ2v) is 3.22. The highest BCUT2D eigenvalue weighted by atomic mass is 16.5. The third-order valence-electron chi connectivity index (χ3n) is 2.14. The maximum atomic E-state index is 11.1. The molecule has 0 saturated carbocycles. The van der Waals surface area contributed by atoms with Gasteiger partial charge in [-0.15, -0.1) is 0 Å². The predicted molar refractivity (Wildman–Crippen MR) is 54.4 cm³/mol. The highest BCUT2D eigenvalue weighted by Crippen LogP contribution is 2.17. The molecule has 1 aromatic rings. The van der Waals surface area contributed by atoms with Crippen molar-refractivity contribution in [2.45, 2.75) is 6.42 Å². The summed E-state index contributed by atoms with van der Waals surface area (Å²) >= 11 is 0. The summed E-state index contributed by atoms with van der Waals surface area (Å²) in [5, 5.41) is 0. The maximum Gasteiger partial charge on any atom is 0.334 e. The Labute approximate surface area is 82.2 Å². The number of ether oxygens (including phenoxy) is 1. The Hall–Kier alpha value is -1.77. The standard InChI is InChI=1S/C11H11NO2/c12-10-3-1-8(2-4-10)7-9-5-6-14-11(9)13/h1-4,7H,5-6,12H2/b9-7+. The van der Waals surface area contributed by atoms with E-state index in [2.05, 4.69) is 0 Å². The Bertz CT molecular complexity index is 379. The molecule has 0 amide bonds. The Kier molecular flexibility index (Phi) is 2.23. The monoisotopic (exact) mass is 189 g/mol. The summed E-state index contributed by atoms with van der Waals surface area (Å²) in [5.41, 5.74) is 7.98. The van der Waals surface area contributed by atoms with Crippen LogP contribution in [-0.2, 0) is 9.53 Å². The van der Waals surface area contributed by atoms with Crippen molar-refractivity contribution in [1.82, 2.24) is 0 Å². The van der Waals surface area contributed by atoms with Crippen molar-refractivity contribution < 1.29 is 9.53 Å². The normalized spacial score (nSPS) is 18.6. The molecule has 1 aliphatic heterocycles. The Morgan fingerprint density at radius 3 is 2.57 bits per heavy atom. The van der Waals surface area contributed by atoms with Crippen LogP contribution in [0.5, 0.6) is 0 Å². The highest BCUT2D eigenvalue weighted by Gasteiger charge is 2.17. The second kappa shape index (κ2) is 3.54. The van der Waals surface area contributed by atoms with E-state index in [-0.39, 0.29) is 5.97 Å². The largest absolute Gasteiger partial charge is 0.462 e. The van der Waals surface area contributed by atoms with Crippen LogP contribution in [0.1, 0.15) is 12.0 Å². The third kappa shape index (κ3) is 1.76. The van der Waals surface area contributed by atoms with Crippen molar-refractivity contribution in [1.29, 1.82) is 0 Å². The summed E-state index contributed by atoms with van der Waals surface area (Å²) in [6.07, 6.45) is 2.54. The maximum absolute atomic E-state index is 11.1. The van der Waals surface area contributed by atoms with Gasteiger partial charge >= 0.3 is 5.97 Å². The molecular weight excluding hydrogens is 178 g/mol. The molecule has 1 heterocycles. The van der Waals surface area contributed by atoms with Crippen LogP contribution in [0, 0.1) is 0 Å². The van der Waals surface area contributed by atoms with Crippen molar-refractivity contribution in [3.63, 3.8) is 0 Å². The number of nitrogen functional groups attached to an aromatic ring is 1. The van der Waals surface area contributed by atoms with Gasteiger partial charge in [0, 0.05) is 17.7 Å². The summed E-state index contributed by atoms with van der Waals surface area (Å²) in [4.78, 5) is 11.1. The summed E-state index contributed by atoms with van der Waals surface area (Å²) in [7, 11) is 0. The fourth-order valence-corrected chi connectivity index (χ4v) is 1.37. The number of carbonyl (C=O) groups is 1. The number of hydrogen-bond acceptors (Lipinski definition) is 3. The molecule has 1 fully saturated rings. The molecule has 0 aromatic heterocycles. The van der Waals surface area contributed by atoms with Gasteiger partial charge in [-0.1, -0.05) is 12.1 Å². The average molecular weight is 189 g/mol. The van der Waals surface area contributed by atoms with Crippen LogP contribution in [0.4, 0.5) is 5.69 Å². The van der Waals surface area contributed by atoms with Crippen LogP contribution in [-0.4, -0.2) is 12.6 Å². The minimum atomic E-state index is -0.207. The van der Waals surface area contributed by atoms with Crippen LogP contribution in [0.15, 0.2) is 29.8 Å². The summed E-state index contributed by atoms with van der Waals surface area (Å²) < 4.78 is 4.83. The molecule has 14 heavy (non-hydrogen) atoms. The lowest BCUT2D eigenvalue weighted by Gasteiger charge is -1.96. The molecule has 0 bridgehead atoms. The first-order chi connectivity index (χ1) is 6.75. The highest BCUT2D eigenvalue weighted by molar-refractivity contribution is 5.95. The van der Waals surface area contributed by atoms with E-state index in [9.17, 15) is 4.79 Å². The fourth-order valence-electron chi connectivity index (χ4n) is 1.37. The molecule has 0 unspecified atom stereocenters. The van der Waals surface area contributed by atoms with E-state index in [0.29, 0.717) is 13.0 Å². The zero-order valence-corrected chi connectivity index (χ0v) is 7.69. The zero-order chi connectivity index (χ0) is 9.97. The van der Waals surface area contributed by atoms with Gasteiger partial charge in [-0.2, -0.15) is 0 Å². The Morgan fingerprint density at radius 2 is 2.00 bits per heavy atom. The van der Waals surface area contributed by atoms with E-state index in [1.165, 1.54) is 0 Å². The second-order valence-electron chi connectivity index (χ2n) is 3.22. The molecule has 1 saturated heterocycles. The number of anilines is 1. The SMILES string of the molecule is Nc1ccc(/C=C2\CCOC2=O)cc1. The first-order valence-corrected chi connectivity index (χ1v) is 4.49. The lowest BCUT2D eigenvalue weighted by atomic mass is 10.1. The van der Waals surface area contributed by atoms with Crippen molar-refractivity contribution in [3.8, 4) is 0 Å². The molecule has 2 rings (SSSR count). The Balaban J connectivity index is 2.24. The van der Waals surface area contributed by atoms with Gasteiger partial charge < -0.3 is 10.5 Å². The number of nitrogens with two attached hydrogens (primary N) is 1. The topological polar surface area (TPSA) is 52.3 Å². The van der Waals surface area contributed by atoms with Crippen LogP contribution >= 0.6 is 0 Å². The molecule has 3 heteroatoms. The minimum absolute atomic E-state index is 0.207. The molecule has 3 nitrogen and oxygen atoms in total. The molecule has 2 N–H and O–H groups in total. The van der Waals surface area contributed by atoms with Crippen LogP contribution in [0.2, 0.25) is 0 Å². The number of rotatable bonds is 1. The Morgan fingerprint density at radius 1 is 1.29 bits per heavy atom. The van der Waals surface area contributed by atoms with Crippen molar-refractivity contribution in [2.24, 2.45) is 0 Å². The first kappa shape index (κ1) is 8.81. The van der Waals surface area contributed by atoms with Crippen LogP contribution in [0.25, 0.3) is 6.08 Å². The van der Waals surface area contributed by atoms with E-state index >= 15 is 0 Å². The molecule has 1 aliphatic rings. The summed E-state index contributed by atoms with van der Waals surface area (Å²) in [6.45, 7) is 0.500. The number of hydrogen-bond donors (Lipinski definition) is 1. The molecule has 0 radical (unpaired) electrons. The van der Waals surface area contributed by atoms with Gasteiger partial charge in [0.05, 0.1) is 6.61 Å². The third-order valence-corrected chi connectivity index (χ3v) is 2.14. The molecule has 1 aromatic carbocycles. The quantitative estimate of drug-likeness (QED) is 0.414. The van der Waals surface area contributed by atoms with E-state index in [1.54, 1.807) is 0 Å². The first-order valence-electron chi connectivity index (χ1n) is 4.49. The molecular formula is C11H11NO2. The lowest BCUT2D eigenvalue weighted by Crippen LogP contribution is -1.94. The molecule has 0 spiro atoms. The van der Waals surface area contributed by atoms with Gasteiger partial charge in [-0.05, 0) is 23.8 Å². The van der Waals surface area contributed by atoms with Gasteiger partial charge in [-0.25, -0.2) is 4.79 Å². The van der Waals surface area contributed by atoms with Crippen molar-refractivity contribution >= 4 is 17.7 Å². The number of carbonyl (C=O) groups excluding carboxylic acids is 1. The summed E-state index contributed by atoms with van der Waals surface area (Å²) in [5.74, 6) is -0.207. The van der Waals surface area contributed by atoms with Crippen molar-refractivity contribution in [3.05, 3.63) is 35.4 Å². The molecule has 72 valence electrons. The molecule has 0 atom stereocenters. The smallest absolute Gasteiger partial charge is 0.334 e. The van der Waals surface area contributed by atoms with Gasteiger partial charge in [0.1, 0.15) is 0 Å². The van der Waals surface area contributed by atoms with E-state index in [1.807, 2.05) is 30.3 Å². The van der Waals surface area contributed by atoms with E-state index in [4.69, 9.17) is 10.5 Å². The number of esters is 1. The van der Waals surface area contributed by atoms with E-state index in [0.717, 1.165) is 16.8 Å². The van der Waals surface area contributed by atoms with Gasteiger partial charge in [0.15, 0.2) is 0 Å². The van der Waals surface area contributed by atoms with Crippen LogP contribution in [0.3, 0.4) is 0 Å². The molecule has 0 aliphatic carbocycles. The van der Waals surface area contributed by atoms with E-state index < -0.39 is 0 Å². The average Bonchev–Trinajstić information content (AvgIpc) is 2.56. The predicted octanol–water partition coefficient (Wildman–Crippen LogP) is 1.60. The fraction of sp³-hybridized carbons (Fsp3) is 0.182. The van der Waals surface area contributed by atoms with Crippen molar-refractivity contribution in [2.75, 3.05) is 12.3 Å². The van der Waals surface area contributed by atoms with Gasteiger partial charge in [0.25, 0.3) is 0 Å². The van der Waals surface area contributed by atoms with Gasteiger partial charge in [-0.3, -0.25) is 0 Å². The minimum Gasteiger partial charge on any atom is -0.462 e.